The second kappa shape index (κ2) is 8.27. The van der Waals surface area contributed by atoms with E-state index in [-0.39, 0.29) is 0 Å². The molecule has 0 aromatic heterocycles. The molecule has 31 heavy (non-hydrogen) atoms. The normalized spacial score (nSPS) is 25.4. The predicted molar refractivity (Wildman–Crippen MR) is 132 cm³/mol. The first-order valence-electron chi connectivity index (χ1n) is 12.5. The molecule has 0 saturated heterocycles. The molecule has 1 heteroatoms. The van der Waals surface area contributed by atoms with Crippen molar-refractivity contribution >= 4 is 6.08 Å². The topological polar surface area (TPSA) is 0 Å². The second-order valence-electron chi connectivity index (χ2n) is 11.6. The summed E-state index contributed by atoms with van der Waals surface area (Å²) < 4.78 is 0.732. The van der Waals surface area contributed by atoms with Gasteiger partial charge in [0.2, 0.25) is 0 Å². The fourth-order valence-electron chi connectivity index (χ4n) is 6.42. The summed E-state index contributed by atoms with van der Waals surface area (Å²) in [5, 5.41) is 0. The number of benzene rings is 1. The number of unbranched alkanes of at least 4 members (excludes halogenated alkanes) is 3. The van der Waals surface area contributed by atoms with Gasteiger partial charge in [0, 0.05) is 0 Å². The van der Waals surface area contributed by atoms with Crippen molar-refractivity contribution in [3.05, 3.63) is 62.8 Å². The summed E-state index contributed by atoms with van der Waals surface area (Å²) in [5.74, 6) is 0. The Morgan fingerprint density at radius 2 is 1.45 bits per heavy atom. The number of allylic oxidation sites excluding steroid dienone is 5. The van der Waals surface area contributed by atoms with Gasteiger partial charge in [-0.1, -0.05) is 0 Å². The predicted octanol–water partition coefficient (Wildman–Crippen LogP) is 8.95. The summed E-state index contributed by atoms with van der Waals surface area (Å²) in [6.07, 6.45) is 14.6. The van der Waals surface area contributed by atoms with E-state index in [0.717, 1.165) is 0 Å². The summed E-state index contributed by atoms with van der Waals surface area (Å²) in [6, 6.07) is 5.26. The third kappa shape index (κ3) is 3.96. The fourth-order valence-corrected chi connectivity index (χ4v) is 15.3. The maximum absolute atomic E-state index is 2.70. The molecule has 0 N–H and O–H groups in total. The van der Waals surface area contributed by atoms with Crippen molar-refractivity contribution in [1.29, 1.82) is 0 Å². The average Bonchev–Trinajstić information content (AvgIpc) is 3.25. The van der Waals surface area contributed by atoms with Gasteiger partial charge in [-0.05, 0) is 0 Å². The first-order chi connectivity index (χ1) is 14.5. The zero-order valence-corrected chi connectivity index (χ0v) is 24.9. The van der Waals surface area contributed by atoms with Crippen molar-refractivity contribution in [2.75, 3.05) is 0 Å². The molecule has 0 nitrogen and oxygen atoms in total. The van der Waals surface area contributed by atoms with Gasteiger partial charge in [0.05, 0.1) is 0 Å². The van der Waals surface area contributed by atoms with E-state index in [2.05, 4.69) is 79.7 Å². The van der Waals surface area contributed by atoms with E-state index in [4.69, 9.17) is 0 Å². The Hall–Kier alpha value is -0.690. The SMILES string of the molecule is CCCCCC[C]1([Hf][C]2(C)C(C)=C(C)C(C)=C2C)C=Cc2cc3c(cc21)CC(C)(C)C3. The van der Waals surface area contributed by atoms with E-state index in [1.807, 2.05) is 0 Å². The average molecular weight is 581 g/mol. The molecule has 3 aliphatic carbocycles. The quantitative estimate of drug-likeness (QED) is 0.223. The minimum atomic E-state index is -1.17. The standard InChI is InChI=1S/C20H27.C10H15.Hf/c1-4-5-6-7-8-15-9-10-16-11-17-13-20(2,3)14-18(17)12-19(15)16;1-6-7(2)9(4)10(5)8(6)3;/h9-12H,4-8,13-14H2,1-3H3;1-5H3;. The van der Waals surface area contributed by atoms with E-state index in [1.165, 1.54) is 44.9 Å². The second-order valence-corrected chi connectivity index (χ2v) is 19.3. The van der Waals surface area contributed by atoms with Crippen molar-refractivity contribution in [2.45, 2.75) is 107 Å². The molecule has 0 amide bonds. The molecule has 0 radical (unpaired) electrons. The third-order valence-electron chi connectivity index (χ3n) is 8.82. The van der Waals surface area contributed by atoms with Crippen LogP contribution < -0.4 is 0 Å². The Morgan fingerprint density at radius 1 is 0.839 bits per heavy atom. The van der Waals surface area contributed by atoms with Crippen LogP contribution in [0.5, 0.6) is 0 Å². The van der Waals surface area contributed by atoms with Crippen LogP contribution in [0.2, 0.25) is 3.17 Å². The van der Waals surface area contributed by atoms with E-state index in [1.54, 1.807) is 44.5 Å². The third-order valence-corrected chi connectivity index (χ3v) is 17.4. The zero-order chi connectivity index (χ0) is 22.6. The summed E-state index contributed by atoms with van der Waals surface area (Å²) in [5.41, 5.74) is 13.5. The summed E-state index contributed by atoms with van der Waals surface area (Å²) in [4.78, 5) is 0. The molecule has 1 unspecified atom stereocenters. The molecule has 0 fully saturated rings. The van der Waals surface area contributed by atoms with Gasteiger partial charge in [0.15, 0.2) is 0 Å². The van der Waals surface area contributed by atoms with Gasteiger partial charge in [-0.3, -0.25) is 0 Å². The van der Waals surface area contributed by atoms with Gasteiger partial charge < -0.3 is 0 Å². The van der Waals surface area contributed by atoms with Crippen LogP contribution in [0.1, 0.15) is 110 Å². The first-order valence-corrected chi connectivity index (χ1v) is 16.1. The fraction of sp³-hybridized carbons (Fsp3) is 0.600. The van der Waals surface area contributed by atoms with E-state index >= 15 is 0 Å². The molecular weight excluding hydrogens is 539 g/mol. The summed E-state index contributed by atoms with van der Waals surface area (Å²) in [7, 11) is 0. The van der Waals surface area contributed by atoms with Crippen LogP contribution in [0.3, 0.4) is 0 Å². The van der Waals surface area contributed by atoms with Gasteiger partial charge in [0.25, 0.3) is 0 Å². The van der Waals surface area contributed by atoms with Crippen LogP contribution >= 0.6 is 0 Å². The van der Waals surface area contributed by atoms with Crippen LogP contribution in [-0.4, -0.2) is 0 Å². The van der Waals surface area contributed by atoms with Gasteiger partial charge in [-0.2, -0.15) is 0 Å². The van der Waals surface area contributed by atoms with Crippen LogP contribution in [0, 0.1) is 5.41 Å². The molecule has 1 aromatic carbocycles. The van der Waals surface area contributed by atoms with Crippen LogP contribution in [0.25, 0.3) is 6.08 Å². The Labute approximate surface area is 203 Å². The molecule has 0 saturated carbocycles. The molecule has 0 heterocycles. The summed E-state index contributed by atoms with van der Waals surface area (Å²) >= 11 is -1.17. The Morgan fingerprint density at radius 3 is 2.06 bits per heavy atom. The van der Waals surface area contributed by atoms with Gasteiger partial charge in [-0.15, -0.1) is 0 Å². The molecular formula is C30H42Hf. The van der Waals surface area contributed by atoms with Crippen LogP contribution in [-0.2, 0) is 38.9 Å². The van der Waals surface area contributed by atoms with E-state index < -0.39 is 22.9 Å². The summed E-state index contributed by atoms with van der Waals surface area (Å²) in [6.45, 7) is 19.4. The molecule has 4 rings (SSSR count). The van der Waals surface area contributed by atoms with Crippen molar-refractivity contribution < 1.29 is 22.9 Å². The number of fused-ring (bicyclic) bond motifs is 2. The van der Waals surface area contributed by atoms with Crippen molar-refractivity contribution in [1.82, 2.24) is 0 Å². The Bertz CT molecular complexity index is 960. The molecule has 0 spiro atoms. The zero-order valence-electron chi connectivity index (χ0n) is 21.3. The van der Waals surface area contributed by atoms with Gasteiger partial charge in [0.1, 0.15) is 0 Å². The van der Waals surface area contributed by atoms with Crippen molar-refractivity contribution in [3.63, 3.8) is 0 Å². The molecule has 166 valence electrons. The Balaban J connectivity index is 1.75. The van der Waals surface area contributed by atoms with Crippen molar-refractivity contribution in [2.24, 2.45) is 5.41 Å². The molecule has 0 bridgehead atoms. The molecule has 1 atom stereocenters. The molecule has 1 aromatic rings. The molecule has 0 aliphatic heterocycles. The number of hydrogen-bond donors (Lipinski definition) is 0. The monoisotopic (exact) mass is 582 g/mol. The minimum absolute atomic E-state index is 0.364. The first kappa shape index (κ1) is 23.5. The van der Waals surface area contributed by atoms with E-state index in [0.29, 0.717) is 11.8 Å². The van der Waals surface area contributed by atoms with Crippen LogP contribution in [0.4, 0.5) is 0 Å². The van der Waals surface area contributed by atoms with Crippen LogP contribution in [0.15, 0.2) is 40.5 Å². The van der Waals surface area contributed by atoms with Gasteiger partial charge in [-0.25, -0.2) is 0 Å². The number of rotatable bonds is 7. The molecule has 3 aliphatic rings. The maximum atomic E-state index is 2.70. The van der Waals surface area contributed by atoms with Crippen molar-refractivity contribution in [3.8, 4) is 0 Å². The van der Waals surface area contributed by atoms with E-state index in [9.17, 15) is 0 Å². The van der Waals surface area contributed by atoms with Gasteiger partial charge >= 0.3 is 204 Å². The number of hydrogen-bond acceptors (Lipinski definition) is 0. The Kier molecular flexibility index (Phi) is 6.26.